The van der Waals surface area contributed by atoms with Crippen LogP contribution < -0.4 is 5.32 Å². The van der Waals surface area contributed by atoms with Crippen molar-refractivity contribution in [3.05, 3.63) is 65.7 Å². The molecule has 0 radical (unpaired) electrons. The Hall–Kier alpha value is -1.61. The second-order valence-electron chi connectivity index (χ2n) is 6.56. The fraction of sp³-hybridized carbons (Fsp3) is 0.381. The van der Waals surface area contributed by atoms with Crippen molar-refractivity contribution in [2.45, 2.75) is 31.7 Å². The lowest BCUT2D eigenvalue weighted by Crippen LogP contribution is -2.38. The summed E-state index contributed by atoms with van der Waals surface area (Å²) in [6.45, 7) is 6.07. The van der Waals surface area contributed by atoms with Crippen LogP contribution in [0.5, 0.6) is 0 Å². The van der Waals surface area contributed by atoms with E-state index in [4.69, 9.17) is 0 Å². The van der Waals surface area contributed by atoms with Crippen LogP contribution in [-0.4, -0.2) is 45.2 Å². The lowest BCUT2D eigenvalue weighted by atomic mass is 10.1. The van der Waals surface area contributed by atoms with Crippen molar-refractivity contribution in [3.63, 3.8) is 0 Å². The SMILES string of the molecule is CCNC(=NCCCS(=O)(=O)c1ccccc1)N(C)Cc1ccc(C)cc1.I. The van der Waals surface area contributed by atoms with Crippen LogP contribution in [0.15, 0.2) is 64.5 Å². The molecule has 154 valence electrons. The van der Waals surface area contributed by atoms with E-state index in [9.17, 15) is 8.42 Å². The number of aliphatic imine (C=N–C) groups is 1. The molecule has 0 spiro atoms. The minimum absolute atomic E-state index is 0. The number of hydrogen-bond acceptors (Lipinski definition) is 3. The lowest BCUT2D eigenvalue weighted by molar-refractivity contribution is 0.477. The van der Waals surface area contributed by atoms with Crippen LogP contribution in [0.3, 0.4) is 0 Å². The Morgan fingerprint density at radius 2 is 1.71 bits per heavy atom. The number of nitrogens with zero attached hydrogens (tertiary/aromatic N) is 2. The van der Waals surface area contributed by atoms with Crippen LogP contribution in [0.4, 0.5) is 0 Å². The highest BCUT2D eigenvalue weighted by molar-refractivity contribution is 14.0. The Bertz CT molecular complexity index is 838. The first-order valence-electron chi connectivity index (χ1n) is 9.25. The summed E-state index contributed by atoms with van der Waals surface area (Å²) in [6, 6.07) is 17.0. The molecule has 0 saturated heterocycles. The second kappa shape index (κ2) is 12.1. The van der Waals surface area contributed by atoms with Crippen molar-refractivity contribution in [3.8, 4) is 0 Å². The van der Waals surface area contributed by atoms with Crippen LogP contribution in [0.1, 0.15) is 24.5 Å². The van der Waals surface area contributed by atoms with Gasteiger partial charge in [0.05, 0.1) is 10.6 Å². The molecule has 0 fully saturated rings. The molecule has 7 heteroatoms. The quantitative estimate of drug-likeness (QED) is 0.251. The van der Waals surface area contributed by atoms with Gasteiger partial charge < -0.3 is 10.2 Å². The van der Waals surface area contributed by atoms with Crippen LogP contribution in [0, 0.1) is 6.92 Å². The highest BCUT2D eigenvalue weighted by Gasteiger charge is 2.13. The lowest BCUT2D eigenvalue weighted by Gasteiger charge is -2.22. The van der Waals surface area contributed by atoms with Crippen molar-refractivity contribution in [2.24, 2.45) is 4.99 Å². The summed E-state index contributed by atoms with van der Waals surface area (Å²) in [7, 11) is -1.26. The summed E-state index contributed by atoms with van der Waals surface area (Å²) in [6.07, 6.45) is 0.491. The minimum atomic E-state index is -3.25. The average molecular weight is 515 g/mol. The predicted molar refractivity (Wildman–Crippen MR) is 127 cm³/mol. The Morgan fingerprint density at radius 3 is 2.32 bits per heavy atom. The first-order chi connectivity index (χ1) is 12.9. The van der Waals surface area contributed by atoms with Gasteiger partial charge in [-0.1, -0.05) is 48.0 Å². The summed E-state index contributed by atoms with van der Waals surface area (Å²) in [5.74, 6) is 0.886. The van der Waals surface area contributed by atoms with E-state index in [-0.39, 0.29) is 29.7 Å². The Kier molecular flexibility index (Phi) is 10.5. The van der Waals surface area contributed by atoms with Crippen molar-refractivity contribution in [1.82, 2.24) is 10.2 Å². The van der Waals surface area contributed by atoms with Gasteiger partial charge in [0.25, 0.3) is 0 Å². The summed E-state index contributed by atoms with van der Waals surface area (Å²) < 4.78 is 24.7. The molecule has 2 aromatic carbocycles. The Labute approximate surface area is 186 Å². The predicted octanol–water partition coefficient (Wildman–Crippen LogP) is 3.87. The fourth-order valence-electron chi connectivity index (χ4n) is 2.70. The largest absolute Gasteiger partial charge is 0.357 e. The van der Waals surface area contributed by atoms with Gasteiger partial charge in [-0.15, -0.1) is 24.0 Å². The molecule has 0 heterocycles. The summed E-state index contributed by atoms with van der Waals surface area (Å²) in [5.41, 5.74) is 2.45. The molecule has 0 aliphatic carbocycles. The van der Waals surface area contributed by atoms with Gasteiger partial charge in [-0.3, -0.25) is 4.99 Å². The van der Waals surface area contributed by atoms with Gasteiger partial charge in [-0.25, -0.2) is 8.42 Å². The molecule has 0 amide bonds. The maximum absolute atomic E-state index is 12.3. The Balaban J connectivity index is 0.00000392. The molecule has 0 atom stereocenters. The molecule has 0 bridgehead atoms. The molecule has 0 aliphatic rings. The van der Waals surface area contributed by atoms with Gasteiger partial charge in [0.1, 0.15) is 0 Å². The zero-order chi connectivity index (χ0) is 19.7. The molecular formula is C21H30IN3O2S. The van der Waals surface area contributed by atoms with E-state index in [0.29, 0.717) is 17.9 Å². The van der Waals surface area contributed by atoms with Gasteiger partial charge in [0, 0.05) is 26.7 Å². The molecular weight excluding hydrogens is 485 g/mol. The van der Waals surface area contributed by atoms with Crippen molar-refractivity contribution in [1.29, 1.82) is 0 Å². The molecule has 0 aliphatic heterocycles. The summed E-state index contributed by atoms with van der Waals surface area (Å²) in [4.78, 5) is 7.02. The topological polar surface area (TPSA) is 61.8 Å². The van der Waals surface area contributed by atoms with E-state index in [2.05, 4.69) is 46.4 Å². The van der Waals surface area contributed by atoms with Crippen LogP contribution in [-0.2, 0) is 16.4 Å². The van der Waals surface area contributed by atoms with Crippen LogP contribution in [0.2, 0.25) is 0 Å². The molecule has 2 aromatic rings. The maximum Gasteiger partial charge on any atom is 0.193 e. The molecule has 28 heavy (non-hydrogen) atoms. The van der Waals surface area contributed by atoms with E-state index >= 15 is 0 Å². The monoisotopic (exact) mass is 515 g/mol. The van der Waals surface area contributed by atoms with Crippen molar-refractivity contribution >= 4 is 39.8 Å². The molecule has 0 aromatic heterocycles. The second-order valence-corrected chi connectivity index (χ2v) is 8.67. The van der Waals surface area contributed by atoms with Crippen LogP contribution >= 0.6 is 24.0 Å². The highest BCUT2D eigenvalue weighted by atomic mass is 127. The first kappa shape index (κ1) is 24.4. The number of aryl methyl sites for hydroxylation is 1. The number of halogens is 1. The molecule has 5 nitrogen and oxygen atoms in total. The smallest absolute Gasteiger partial charge is 0.193 e. The van der Waals surface area contributed by atoms with Gasteiger partial charge in [0.15, 0.2) is 15.8 Å². The molecule has 2 rings (SSSR count). The fourth-order valence-corrected chi connectivity index (χ4v) is 4.01. The number of hydrogen-bond donors (Lipinski definition) is 1. The maximum atomic E-state index is 12.3. The third-order valence-electron chi connectivity index (χ3n) is 4.17. The van der Waals surface area contributed by atoms with Crippen LogP contribution in [0.25, 0.3) is 0 Å². The number of benzene rings is 2. The van der Waals surface area contributed by atoms with E-state index in [1.54, 1.807) is 24.3 Å². The zero-order valence-electron chi connectivity index (χ0n) is 16.8. The third-order valence-corrected chi connectivity index (χ3v) is 5.99. The average Bonchev–Trinajstić information content (AvgIpc) is 2.66. The number of sulfone groups is 1. The normalized spacial score (nSPS) is 11.6. The van der Waals surface area contributed by atoms with Crippen molar-refractivity contribution < 1.29 is 8.42 Å². The number of nitrogens with one attached hydrogen (secondary N) is 1. The third kappa shape index (κ3) is 7.79. The van der Waals surface area contributed by atoms with E-state index in [1.807, 2.05) is 20.0 Å². The van der Waals surface area contributed by atoms with E-state index in [1.165, 1.54) is 11.1 Å². The zero-order valence-corrected chi connectivity index (χ0v) is 19.9. The first-order valence-corrected chi connectivity index (χ1v) is 10.9. The number of guanidine groups is 1. The molecule has 1 N–H and O–H groups in total. The molecule has 0 saturated carbocycles. The molecule has 0 unspecified atom stereocenters. The minimum Gasteiger partial charge on any atom is -0.357 e. The summed E-state index contributed by atoms with van der Waals surface area (Å²) in [5, 5.41) is 3.27. The van der Waals surface area contributed by atoms with E-state index in [0.717, 1.165) is 19.0 Å². The van der Waals surface area contributed by atoms with Crippen molar-refractivity contribution in [2.75, 3.05) is 25.9 Å². The highest BCUT2D eigenvalue weighted by Crippen LogP contribution is 2.11. The van der Waals surface area contributed by atoms with Gasteiger partial charge in [-0.05, 0) is 38.0 Å². The number of rotatable bonds is 8. The summed E-state index contributed by atoms with van der Waals surface area (Å²) >= 11 is 0. The van der Waals surface area contributed by atoms with Gasteiger partial charge in [-0.2, -0.15) is 0 Å². The van der Waals surface area contributed by atoms with Gasteiger partial charge >= 0.3 is 0 Å². The van der Waals surface area contributed by atoms with E-state index < -0.39 is 9.84 Å². The van der Waals surface area contributed by atoms with Gasteiger partial charge in [0.2, 0.25) is 0 Å². The Morgan fingerprint density at radius 1 is 1.07 bits per heavy atom. The standard InChI is InChI=1S/C21H29N3O2S.HI/c1-4-22-21(24(3)17-19-13-11-18(2)12-14-19)23-15-8-16-27(25,26)20-9-6-5-7-10-20;/h5-7,9-14H,4,8,15-17H2,1-3H3,(H,22,23);1H.